The number of fused-ring (bicyclic) bond motifs is 5. The molecule has 4 aliphatic rings. The summed E-state index contributed by atoms with van der Waals surface area (Å²) in [6.07, 6.45) is 12.5. The number of hydrogen-bond acceptors (Lipinski definition) is 3. The highest BCUT2D eigenvalue weighted by molar-refractivity contribution is 5.92. The lowest BCUT2D eigenvalue weighted by Crippen LogP contribution is -2.54. The Hall–Kier alpha value is -1.42. The summed E-state index contributed by atoms with van der Waals surface area (Å²) in [7, 11) is 0. The highest BCUT2D eigenvalue weighted by Gasteiger charge is 2.62. The fourth-order valence-electron chi connectivity index (χ4n) is 6.85. The first-order valence-corrected chi connectivity index (χ1v) is 10.1. The number of rotatable bonds is 3. The van der Waals surface area contributed by atoms with Crippen LogP contribution in [0.1, 0.15) is 65.2 Å². The number of carbonyl (C=O) groups excluding carboxylic acids is 2. The average molecular weight is 357 g/mol. The van der Waals surface area contributed by atoms with Crippen LogP contribution in [0.25, 0.3) is 0 Å². The molecule has 0 heterocycles. The molecular formula is C22H31NO3. The van der Waals surface area contributed by atoms with E-state index in [4.69, 9.17) is 5.73 Å². The van der Waals surface area contributed by atoms with Gasteiger partial charge in [0.25, 0.3) is 0 Å². The van der Waals surface area contributed by atoms with Crippen molar-refractivity contribution in [2.75, 3.05) is 0 Å². The lowest BCUT2D eigenvalue weighted by atomic mass is 9.48. The van der Waals surface area contributed by atoms with Crippen LogP contribution < -0.4 is 5.73 Å². The maximum atomic E-state index is 11.9. The summed E-state index contributed by atoms with van der Waals surface area (Å²) in [5.74, 6) is 1.36. The van der Waals surface area contributed by atoms with Crippen molar-refractivity contribution in [2.24, 2.45) is 34.3 Å². The van der Waals surface area contributed by atoms with E-state index < -0.39 is 5.60 Å². The van der Waals surface area contributed by atoms with E-state index in [1.807, 2.05) is 6.08 Å². The van der Waals surface area contributed by atoms with E-state index in [0.29, 0.717) is 30.6 Å². The van der Waals surface area contributed by atoms with Gasteiger partial charge in [-0.3, -0.25) is 9.59 Å². The molecule has 0 radical (unpaired) electrons. The second kappa shape index (κ2) is 5.79. The standard InChI is InChI=1S/C22H31NO3/c1-20-9-5-15(24)13-14(20)3-4-16-17(20)6-10-21(2)18(16)7-11-22(21,26)12-8-19(23)25/h3-4,13,16-18,26H,5-12H2,1-2H3,(H2,23,25). The normalized spacial score (nSPS) is 47.0. The lowest BCUT2D eigenvalue weighted by molar-refractivity contribution is -0.130. The molecule has 4 heteroatoms. The van der Waals surface area contributed by atoms with Crippen molar-refractivity contribution in [1.29, 1.82) is 0 Å². The SMILES string of the molecule is CC12CCC(=O)C=C1C=CC1C2CCC2(C)C1CCC2(O)CCC(N)=O. The largest absolute Gasteiger partial charge is 0.389 e. The first-order chi connectivity index (χ1) is 12.2. The molecule has 26 heavy (non-hydrogen) atoms. The third-order valence-electron chi connectivity index (χ3n) is 8.62. The summed E-state index contributed by atoms with van der Waals surface area (Å²) in [4.78, 5) is 23.2. The molecule has 2 saturated carbocycles. The van der Waals surface area contributed by atoms with Gasteiger partial charge in [0.1, 0.15) is 0 Å². The molecule has 4 nitrogen and oxygen atoms in total. The lowest BCUT2D eigenvalue weighted by Gasteiger charge is -2.57. The zero-order valence-electron chi connectivity index (χ0n) is 16.0. The van der Waals surface area contributed by atoms with Crippen molar-refractivity contribution in [2.45, 2.75) is 70.8 Å². The molecule has 3 N–H and O–H groups in total. The van der Waals surface area contributed by atoms with Gasteiger partial charge in [0.05, 0.1) is 5.60 Å². The quantitative estimate of drug-likeness (QED) is 0.813. The van der Waals surface area contributed by atoms with Crippen molar-refractivity contribution in [1.82, 2.24) is 0 Å². The summed E-state index contributed by atoms with van der Waals surface area (Å²) in [5, 5.41) is 11.4. The van der Waals surface area contributed by atoms with Crippen LogP contribution in [0.2, 0.25) is 0 Å². The molecule has 0 spiro atoms. The maximum absolute atomic E-state index is 11.9. The highest BCUT2D eigenvalue weighted by atomic mass is 16.3. The van der Waals surface area contributed by atoms with Crippen LogP contribution in [-0.2, 0) is 9.59 Å². The molecule has 0 aromatic heterocycles. The Balaban J connectivity index is 1.66. The third kappa shape index (κ3) is 2.37. The number of allylic oxidation sites excluding steroid dienone is 4. The molecular weight excluding hydrogens is 326 g/mol. The molecule has 142 valence electrons. The molecule has 4 aliphatic carbocycles. The molecule has 1 amide bonds. The van der Waals surface area contributed by atoms with Gasteiger partial charge in [-0.1, -0.05) is 26.0 Å². The van der Waals surface area contributed by atoms with E-state index in [1.54, 1.807) is 0 Å². The fourth-order valence-corrected chi connectivity index (χ4v) is 6.85. The zero-order chi connectivity index (χ0) is 18.7. The smallest absolute Gasteiger partial charge is 0.217 e. The second-order valence-corrected chi connectivity index (χ2v) is 9.63. The Kier molecular flexibility index (Phi) is 4.00. The molecule has 0 bridgehead atoms. The van der Waals surface area contributed by atoms with Crippen LogP contribution >= 0.6 is 0 Å². The molecule has 6 unspecified atom stereocenters. The molecule has 2 fully saturated rings. The van der Waals surface area contributed by atoms with Crippen molar-refractivity contribution >= 4 is 11.7 Å². The van der Waals surface area contributed by atoms with Crippen molar-refractivity contribution in [3.8, 4) is 0 Å². The van der Waals surface area contributed by atoms with E-state index >= 15 is 0 Å². The van der Waals surface area contributed by atoms with E-state index in [2.05, 4.69) is 26.0 Å². The highest BCUT2D eigenvalue weighted by Crippen LogP contribution is 2.66. The van der Waals surface area contributed by atoms with Crippen molar-refractivity contribution in [3.05, 3.63) is 23.8 Å². The number of nitrogens with two attached hydrogens (primary N) is 1. The summed E-state index contributed by atoms with van der Waals surface area (Å²) >= 11 is 0. The molecule has 6 atom stereocenters. The van der Waals surface area contributed by atoms with E-state index in [1.165, 1.54) is 5.57 Å². The molecule has 4 rings (SSSR count). The van der Waals surface area contributed by atoms with Gasteiger partial charge in [-0.05, 0) is 78.8 Å². The summed E-state index contributed by atoms with van der Waals surface area (Å²) in [5.41, 5.74) is 5.71. The number of hydrogen-bond donors (Lipinski definition) is 2. The summed E-state index contributed by atoms with van der Waals surface area (Å²) < 4.78 is 0. The van der Waals surface area contributed by atoms with Gasteiger partial charge in [0, 0.05) is 12.8 Å². The van der Waals surface area contributed by atoms with Crippen molar-refractivity contribution < 1.29 is 14.7 Å². The van der Waals surface area contributed by atoms with Crippen LogP contribution in [0.4, 0.5) is 0 Å². The number of primary amides is 1. The second-order valence-electron chi connectivity index (χ2n) is 9.63. The minimum absolute atomic E-state index is 0.0859. The van der Waals surface area contributed by atoms with Crippen molar-refractivity contribution in [3.63, 3.8) is 0 Å². The number of ketones is 1. The predicted molar refractivity (Wildman–Crippen MR) is 100.0 cm³/mol. The summed E-state index contributed by atoms with van der Waals surface area (Å²) in [6.45, 7) is 4.57. The monoisotopic (exact) mass is 357 g/mol. The van der Waals surface area contributed by atoms with Gasteiger partial charge >= 0.3 is 0 Å². The molecule has 0 aliphatic heterocycles. The van der Waals surface area contributed by atoms with Crippen LogP contribution in [0.5, 0.6) is 0 Å². The maximum Gasteiger partial charge on any atom is 0.217 e. The van der Waals surface area contributed by atoms with Gasteiger partial charge < -0.3 is 10.8 Å². The first-order valence-electron chi connectivity index (χ1n) is 10.1. The molecule has 0 saturated heterocycles. The topological polar surface area (TPSA) is 80.4 Å². The summed E-state index contributed by atoms with van der Waals surface area (Å²) in [6, 6.07) is 0. The molecule has 0 aromatic carbocycles. The van der Waals surface area contributed by atoms with Crippen LogP contribution in [0, 0.1) is 28.6 Å². The number of amides is 1. The Bertz CT molecular complexity index is 710. The number of carbonyl (C=O) groups is 2. The van der Waals surface area contributed by atoms with Gasteiger partial charge in [-0.25, -0.2) is 0 Å². The number of aliphatic hydroxyl groups is 1. The molecule has 0 aromatic rings. The minimum atomic E-state index is -0.787. The van der Waals surface area contributed by atoms with Crippen LogP contribution in [0.3, 0.4) is 0 Å². The van der Waals surface area contributed by atoms with E-state index in [-0.39, 0.29) is 28.9 Å². The Morgan fingerprint density at radius 1 is 1.23 bits per heavy atom. The minimum Gasteiger partial charge on any atom is -0.389 e. The predicted octanol–water partition coefficient (Wildman–Crippen LogP) is 3.29. The Labute approximate surface area is 155 Å². The van der Waals surface area contributed by atoms with E-state index in [9.17, 15) is 14.7 Å². The van der Waals surface area contributed by atoms with Gasteiger partial charge in [0.15, 0.2) is 5.78 Å². The van der Waals surface area contributed by atoms with Gasteiger partial charge in [-0.15, -0.1) is 0 Å². The fraction of sp³-hybridized carbons (Fsp3) is 0.727. The van der Waals surface area contributed by atoms with Crippen LogP contribution in [-0.4, -0.2) is 22.4 Å². The van der Waals surface area contributed by atoms with E-state index in [0.717, 1.165) is 32.1 Å². The Morgan fingerprint density at radius 3 is 2.69 bits per heavy atom. The Morgan fingerprint density at radius 2 is 1.96 bits per heavy atom. The van der Waals surface area contributed by atoms with Gasteiger partial charge in [0.2, 0.25) is 5.91 Å². The third-order valence-corrected chi connectivity index (χ3v) is 8.62. The first kappa shape index (κ1) is 18.0. The van der Waals surface area contributed by atoms with Crippen LogP contribution in [0.15, 0.2) is 23.8 Å². The average Bonchev–Trinajstić information content (AvgIpc) is 2.86. The zero-order valence-corrected chi connectivity index (χ0v) is 16.0. The van der Waals surface area contributed by atoms with Gasteiger partial charge in [-0.2, -0.15) is 0 Å².